The molecule has 1 aliphatic carbocycles. The number of aromatic nitrogens is 2. The zero-order valence-electron chi connectivity index (χ0n) is 15.5. The van der Waals surface area contributed by atoms with Crippen LogP contribution in [0, 0.1) is 0 Å². The summed E-state index contributed by atoms with van der Waals surface area (Å²) in [7, 11) is 1.59. The van der Waals surface area contributed by atoms with Gasteiger partial charge in [0.25, 0.3) is 11.5 Å². The van der Waals surface area contributed by atoms with Crippen LogP contribution in [0.5, 0.6) is 5.75 Å². The van der Waals surface area contributed by atoms with Gasteiger partial charge in [-0.25, -0.2) is 10.4 Å². The van der Waals surface area contributed by atoms with Gasteiger partial charge in [-0.3, -0.25) is 14.2 Å². The van der Waals surface area contributed by atoms with Crippen LogP contribution in [0.15, 0.2) is 40.5 Å². The summed E-state index contributed by atoms with van der Waals surface area (Å²) in [5.41, 5.74) is 4.21. The molecule has 2 aromatic heterocycles. The normalized spacial score (nSPS) is 13.6. The summed E-state index contributed by atoms with van der Waals surface area (Å²) in [6, 6.07) is 7.32. The third kappa shape index (κ3) is 3.68. The van der Waals surface area contributed by atoms with Crippen molar-refractivity contribution in [2.75, 3.05) is 7.11 Å². The van der Waals surface area contributed by atoms with E-state index in [1.165, 1.54) is 22.0 Å². The van der Waals surface area contributed by atoms with Crippen molar-refractivity contribution in [1.29, 1.82) is 0 Å². The Morgan fingerprint density at radius 2 is 2.25 bits per heavy atom. The predicted molar refractivity (Wildman–Crippen MR) is 109 cm³/mol. The number of nitrogens with zero attached hydrogens (tertiary/aromatic N) is 3. The average Bonchev–Trinajstić information content (AvgIpc) is 3.09. The second kappa shape index (κ2) is 7.93. The Balaban J connectivity index is 1.48. The molecule has 0 spiro atoms. The highest BCUT2D eigenvalue weighted by molar-refractivity contribution is 7.18. The lowest BCUT2D eigenvalue weighted by molar-refractivity contribution is -0.121. The molecule has 0 aliphatic heterocycles. The van der Waals surface area contributed by atoms with Crippen molar-refractivity contribution in [3.05, 3.63) is 57.0 Å². The Bertz CT molecular complexity index is 1120. The number of hydrogen-bond donors (Lipinski definition) is 1. The minimum Gasteiger partial charge on any atom is -0.497 e. The molecule has 0 radical (unpaired) electrons. The first-order valence-corrected chi connectivity index (χ1v) is 9.93. The summed E-state index contributed by atoms with van der Waals surface area (Å²) < 4.78 is 6.50. The monoisotopic (exact) mass is 396 g/mol. The molecule has 0 atom stereocenters. The number of carbonyl (C=O) groups excluding carboxylic acids is 1. The molecular weight excluding hydrogens is 376 g/mol. The largest absolute Gasteiger partial charge is 0.497 e. The summed E-state index contributed by atoms with van der Waals surface area (Å²) >= 11 is 1.60. The quantitative estimate of drug-likeness (QED) is 0.530. The van der Waals surface area contributed by atoms with E-state index in [1.807, 2.05) is 18.2 Å². The highest BCUT2D eigenvalue weighted by Crippen LogP contribution is 2.33. The maximum absolute atomic E-state index is 12.9. The Hall–Kier alpha value is -3.00. The maximum Gasteiger partial charge on any atom is 0.262 e. The number of fused-ring (bicyclic) bond motifs is 3. The van der Waals surface area contributed by atoms with E-state index in [-0.39, 0.29) is 18.0 Å². The number of nitrogens with one attached hydrogen (secondary N) is 1. The van der Waals surface area contributed by atoms with Gasteiger partial charge in [0.1, 0.15) is 17.1 Å². The highest BCUT2D eigenvalue weighted by Gasteiger charge is 2.20. The van der Waals surface area contributed by atoms with E-state index < -0.39 is 0 Å². The van der Waals surface area contributed by atoms with Gasteiger partial charge in [0.2, 0.25) is 0 Å². The van der Waals surface area contributed by atoms with Crippen molar-refractivity contribution in [3.63, 3.8) is 0 Å². The molecule has 0 saturated carbocycles. The molecule has 144 valence electrons. The number of benzene rings is 1. The molecular formula is C20H20N4O3S. The first-order chi connectivity index (χ1) is 13.7. The number of ether oxygens (including phenoxy) is 1. The summed E-state index contributed by atoms with van der Waals surface area (Å²) in [6.07, 6.45) is 7.13. The zero-order chi connectivity index (χ0) is 19.5. The minimum atomic E-state index is -0.383. The summed E-state index contributed by atoms with van der Waals surface area (Å²) in [4.78, 5) is 31.5. The molecule has 1 N–H and O–H groups in total. The predicted octanol–water partition coefficient (Wildman–Crippen LogP) is 2.50. The SMILES string of the molecule is COc1cccc(C=NNC(=O)Cn2cnc3sc4c(c3c2=O)CCCC4)c1. The van der Waals surface area contributed by atoms with Crippen LogP contribution >= 0.6 is 11.3 Å². The van der Waals surface area contributed by atoms with E-state index in [0.29, 0.717) is 11.1 Å². The van der Waals surface area contributed by atoms with Gasteiger partial charge in [-0.15, -0.1) is 11.3 Å². The lowest BCUT2D eigenvalue weighted by Crippen LogP contribution is -2.30. The second-order valence-corrected chi connectivity index (χ2v) is 7.72. The van der Waals surface area contributed by atoms with Crippen LogP contribution in [0.2, 0.25) is 0 Å². The van der Waals surface area contributed by atoms with Gasteiger partial charge in [0.05, 0.1) is 25.0 Å². The fourth-order valence-corrected chi connectivity index (χ4v) is 4.60. The van der Waals surface area contributed by atoms with Gasteiger partial charge in [-0.2, -0.15) is 5.10 Å². The standard InChI is InChI=1S/C20H20N4O3S/c1-27-14-6-4-5-13(9-14)10-22-23-17(25)11-24-12-21-19-18(20(24)26)15-7-2-3-8-16(15)28-19/h4-6,9-10,12H,2-3,7-8,11H2,1H3,(H,23,25). The maximum atomic E-state index is 12.9. The highest BCUT2D eigenvalue weighted by atomic mass is 32.1. The first-order valence-electron chi connectivity index (χ1n) is 9.11. The van der Waals surface area contributed by atoms with Crippen molar-refractivity contribution >= 4 is 33.7 Å². The van der Waals surface area contributed by atoms with Crippen LogP contribution in [0.4, 0.5) is 0 Å². The van der Waals surface area contributed by atoms with Crippen LogP contribution in [-0.2, 0) is 24.2 Å². The van der Waals surface area contributed by atoms with Gasteiger partial charge in [0.15, 0.2) is 0 Å². The Morgan fingerprint density at radius 3 is 3.11 bits per heavy atom. The fraction of sp³-hybridized carbons (Fsp3) is 0.300. The second-order valence-electron chi connectivity index (χ2n) is 6.64. The number of carbonyl (C=O) groups is 1. The van der Waals surface area contributed by atoms with Crippen molar-refractivity contribution in [2.24, 2.45) is 5.10 Å². The number of hydrogen-bond acceptors (Lipinski definition) is 6. The molecule has 4 rings (SSSR count). The first kappa shape index (κ1) is 18.4. The number of aryl methyl sites for hydroxylation is 2. The van der Waals surface area contributed by atoms with Gasteiger partial charge in [-0.05, 0) is 48.9 Å². The van der Waals surface area contributed by atoms with Gasteiger partial charge in [0, 0.05) is 4.88 Å². The zero-order valence-corrected chi connectivity index (χ0v) is 16.3. The molecule has 3 aromatic rings. The molecule has 28 heavy (non-hydrogen) atoms. The van der Waals surface area contributed by atoms with E-state index in [1.54, 1.807) is 24.5 Å². The van der Waals surface area contributed by atoms with Gasteiger partial charge >= 0.3 is 0 Å². The lowest BCUT2D eigenvalue weighted by Gasteiger charge is -2.10. The molecule has 0 saturated heterocycles. The summed E-state index contributed by atoms with van der Waals surface area (Å²) in [5.74, 6) is 0.326. The van der Waals surface area contributed by atoms with Crippen molar-refractivity contribution in [1.82, 2.24) is 15.0 Å². The third-order valence-electron chi connectivity index (χ3n) is 4.75. The molecule has 0 bridgehead atoms. The molecule has 0 fully saturated rings. The Labute approximate surface area is 165 Å². The van der Waals surface area contributed by atoms with E-state index in [4.69, 9.17) is 4.74 Å². The van der Waals surface area contributed by atoms with Crippen LogP contribution in [-0.4, -0.2) is 28.8 Å². The van der Waals surface area contributed by atoms with E-state index in [9.17, 15) is 9.59 Å². The van der Waals surface area contributed by atoms with E-state index >= 15 is 0 Å². The van der Waals surface area contributed by atoms with Gasteiger partial charge < -0.3 is 4.74 Å². The topological polar surface area (TPSA) is 85.6 Å². The van der Waals surface area contributed by atoms with Crippen molar-refractivity contribution in [2.45, 2.75) is 32.2 Å². The molecule has 8 heteroatoms. The molecule has 1 amide bonds. The smallest absolute Gasteiger partial charge is 0.262 e. The molecule has 1 aliphatic rings. The Kier molecular flexibility index (Phi) is 5.21. The minimum absolute atomic E-state index is 0.123. The van der Waals surface area contributed by atoms with E-state index in [0.717, 1.165) is 41.6 Å². The molecule has 0 unspecified atom stereocenters. The van der Waals surface area contributed by atoms with Crippen molar-refractivity contribution < 1.29 is 9.53 Å². The van der Waals surface area contributed by atoms with Crippen LogP contribution in [0.3, 0.4) is 0 Å². The Morgan fingerprint density at radius 1 is 1.39 bits per heavy atom. The van der Waals surface area contributed by atoms with Gasteiger partial charge in [-0.1, -0.05) is 12.1 Å². The molecule has 2 heterocycles. The van der Waals surface area contributed by atoms with E-state index in [2.05, 4.69) is 15.5 Å². The van der Waals surface area contributed by atoms with Crippen LogP contribution < -0.4 is 15.7 Å². The number of rotatable bonds is 5. The molecule has 7 nitrogen and oxygen atoms in total. The summed E-state index contributed by atoms with van der Waals surface area (Å²) in [6.45, 7) is -0.123. The molecule has 1 aromatic carbocycles. The number of methoxy groups -OCH3 is 1. The number of thiophene rings is 1. The average molecular weight is 396 g/mol. The van der Waals surface area contributed by atoms with Crippen LogP contribution in [0.25, 0.3) is 10.2 Å². The van der Waals surface area contributed by atoms with Crippen LogP contribution in [0.1, 0.15) is 28.8 Å². The summed E-state index contributed by atoms with van der Waals surface area (Å²) in [5, 5.41) is 4.63. The number of amides is 1. The fourth-order valence-electron chi connectivity index (χ4n) is 3.38. The van der Waals surface area contributed by atoms with Crippen molar-refractivity contribution in [3.8, 4) is 5.75 Å². The lowest BCUT2D eigenvalue weighted by atomic mass is 9.97. The number of hydrazone groups is 1. The third-order valence-corrected chi connectivity index (χ3v) is 5.95.